The Kier molecular flexibility index (Phi) is 3.62. The Hall–Kier alpha value is -3.82. The topological polar surface area (TPSA) is 50.9 Å². The molecule has 3 nitrogen and oxygen atoms in total. The molecule has 2 atom stereocenters. The van der Waals surface area contributed by atoms with E-state index in [9.17, 15) is 0 Å². The van der Waals surface area contributed by atoms with Crippen molar-refractivity contribution in [2.24, 2.45) is 0 Å². The second-order valence-electron chi connectivity index (χ2n) is 9.93. The van der Waals surface area contributed by atoms with Gasteiger partial charge in [0.05, 0.1) is 5.52 Å². The summed E-state index contributed by atoms with van der Waals surface area (Å²) in [5.74, 6) is 1.47. The normalized spacial score (nSPS) is 19.7. The van der Waals surface area contributed by atoms with Crippen LogP contribution in [0.1, 0.15) is 47.8 Å². The van der Waals surface area contributed by atoms with Gasteiger partial charge in [-0.05, 0) is 64.2 Å². The van der Waals surface area contributed by atoms with Crippen LogP contribution in [0.4, 0.5) is 0 Å². The predicted molar refractivity (Wildman–Crippen MR) is 141 cm³/mol. The molecule has 3 heteroatoms. The summed E-state index contributed by atoms with van der Waals surface area (Å²) in [5.41, 5.74) is 8.81. The van der Waals surface area contributed by atoms with E-state index in [1.165, 1.54) is 60.2 Å². The van der Waals surface area contributed by atoms with Crippen LogP contribution in [0.5, 0.6) is 0 Å². The van der Waals surface area contributed by atoms with E-state index >= 15 is 0 Å². The fourth-order valence-corrected chi connectivity index (χ4v) is 6.00. The van der Waals surface area contributed by atoms with Crippen molar-refractivity contribution >= 4 is 55.2 Å². The van der Waals surface area contributed by atoms with Crippen molar-refractivity contribution in [3.63, 3.8) is 0 Å². The van der Waals surface area contributed by atoms with Gasteiger partial charge in [-0.1, -0.05) is 55.5 Å². The molecule has 2 aromatic heterocycles. The maximum absolute atomic E-state index is 6.26. The van der Waals surface area contributed by atoms with Crippen molar-refractivity contribution in [1.82, 2.24) is 10.3 Å². The number of benzene rings is 4. The molecule has 3 heterocycles. The Bertz CT molecular complexity index is 1810. The Morgan fingerprint density at radius 1 is 0.882 bits per heavy atom. The molecule has 0 amide bonds. The lowest BCUT2D eigenvalue weighted by atomic mass is 9.84. The number of para-hydroxylation sites is 1. The summed E-state index contributed by atoms with van der Waals surface area (Å²) in [7, 11) is 0. The first-order valence-electron chi connectivity index (χ1n) is 12.2. The molecule has 0 saturated carbocycles. The fourth-order valence-electron chi connectivity index (χ4n) is 6.00. The lowest BCUT2D eigenvalue weighted by Gasteiger charge is -2.20. The molecule has 8 rings (SSSR count). The zero-order valence-electron chi connectivity index (χ0n) is 19.0. The van der Waals surface area contributed by atoms with Gasteiger partial charge in [0.15, 0.2) is 0 Å². The third kappa shape index (κ3) is 2.56. The van der Waals surface area contributed by atoms with Gasteiger partial charge in [0.1, 0.15) is 11.3 Å². The highest BCUT2D eigenvalue weighted by Crippen LogP contribution is 2.45. The number of allylic oxidation sites excluding steroid dienone is 1. The summed E-state index contributed by atoms with van der Waals surface area (Å²) in [6.07, 6.45) is 3.36. The summed E-state index contributed by atoms with van der Waals surface area (Å²) in [5, 5.41) is 10.0. The first-order chi connectivity index (χ1) is 16.7. The minimum Gasteiger partial charge on any atom is -0.460 e. The monoisotopic (exact) mass is 440 g/mol. The summed E-state index contributed by atoms with van der Waals surface area (Å²) in [6, 6.07) is 26.8. The highest BCUT2D eigenvalue weighted by atomic mass is 16.3. The average molecular weight is 441 g/mol. The second-order valence-corrected chi connectivity index (χ2v) is 9.93. The molecular formula is C31H24N2O. The second kappa shape index (κ2) is 6.62. The summed E-state index contributed by atoms with van der Waals surface area (Å²) < 4.78 is 6.26. The van der Waals surface area contributed by atoms with Gasteiger partial charge in [-0.2, -0.15) is 0 Å². The predicted octanol–water partition coefficient (Wildman–Crippen LogP) is 7.91. The lowest BCUT2D eigenvalue weighted by Crippen LogP contribution is -2.02. The molecule has 0 radical (unpaired) electrons. The zero-order valence-corrected chi connectivity index (χ0v) is 19.0. The van der Waals surface area contributed by atoms with Crippen LogP contribution in [0, 0.1) is 0 Å². The van der Waals surface area contributed by atoms with Gasteiger partial charge >= 0.3 is 0 Å². The van der Waals surface area contributed by atoms with Crippen molar-refractivity contribution in [3.05, 3.63) is 95.2 Å². The SMILES string of the molecule is CC1CC(c2cc([C@@H]3CN3)c3[nH]c4ccc5ccccc5c4c3c2)=Cc2c1oc1ccccc21. The molecule has 1 fully saturated rings. The van der Waals surface area contributed by atoms with Crippen LogP contribution in [0.3, 0.4) is 0 Å². The van der Waals surface area contributed by atoms with Crippen molar-refractivity contribution in [2.75, 3.05) is 6.54 Å². The van der Waals surface area contributed by atoms with Crippen LogP contribution in [0.25, 0.3) is 55.2 Å². The third-order valence-electron chi connectivity index (χ3n) is 7.74. The van der Waals surface area contributed by atoms with Gasteiger partial charge in [-0.25, -0.2) is 0 Å². The Labute approximate surface area is 197 Å². The summed E-state index contributed by atoms with van der Waals surface area (Å²) in [4.78, 5) is 3.76. The molecule has 1 saturated heterocycles. The quantitative estimate of drug-likeness (QED) is 0.269. The number of H-pyrrole nitrogens is 1. The van der Waals surface area contributed by atoms with Gasteiger partial charge in [0.2, 0.25) is 0 Å². The molecule has 6 aromatic rings. The molecule has 2 aliphatic rings. The van der Waals surface area contributed by atoms with Crippen LogP contribution < -0.4 is 5.32 Å². The number of hydrogen-bond acceptors (Lipinski definition) is 2. The molecule has 0 spiro atoms. The van der Waals surface area contributed by atoms with Crippen molar-refractivity contribution in [2.45, 2.75) is 25.3 Å². The van der Waals surface area contributed by atoms with Gasteiger partial charge in [0.25, 0.3) is 0 Å². The molecule has 2 N–H and O–H groups in total. The molecule has 1 aliphatic carbocycles. The van der Waals surface area contributed by atoms with Gasteiger partial charge in [-0.15, -0.1) is 0 Å². The highest BCUT2D eigenvalue weighted by Gasteiger charge is 2.29. The Morgan fingerprint density at radius 3 is 2.59 bits per heavy atom. The van der Waals surface area contributed by atoms with Crippen molar-refractivity contribution in [3.8, 4) is 0 Å². The minimum atomic E-state index is 0.351. The van der Waals surface area contributed by atoms with E-state index in [1.54, 1.807) is 0 Å². The van der Waals surface area contributed by atoms with Crippen LogP contribution >= 0.6 is 0 Å². The molecule has 4 aromatic carbocycles. The molecule has 1 unspecified atom stereocenters. The van der Waals surface area contributed by atoms with E-state index in [0.717, 1.165) is 24.3 Å². The van der Waals surface area contributed by atoms with E-state index in [0.29, 0.717) is 12.0 Å². The Morgan fingerprint density at radius 2 is 1.71 bits per heavy atom. The maximum atomic E-state index is 6.26. The number of nitrogens with one attached hydrogen (secondary N) is 2. The smallest absolute Gasteiger partial charge is 0.134 e. The number of hydrogen-bond donors (Lipinski definition) is 2. The first kappa shape index (κ1) is 18.6. The average Bonchev–Trinajstić information content (AvgIpc) is 3.54. The molecule has 164 valence electrons. The van der Waals surface area contributed by atoms with E-state index < -0.39 is 0 Å². The lowest BCUT2D eigenvalue weighted by molar-refractivity contribution is 0.506. The van der Waals surface area contributed by atoms with E-state index in [-0.39, 0.29) is 0 Å². The largest absolute Gasteiger partial charge is 0.460 e. The zero-order chi connectivity index (χ0) is 22.4. The molecule has 34 heavy (non-hydrogen) atoms. The van der Waals surface area contributed by atoms with Gasteiger partial charge < -0.3 is 14.7 Å². The van der Waals surface area contributed by atoms with Gasteiger partial charge in [-0.3, -0.25) is 0 Å². The van der Waals surface area contributed by atoms with E-state index in [2.05, 4.69) is 96.1 Å². The number of fused-ring (bicyclic) bond motifs is 8. The molecule has 1 aliphatic heterocycles. The fraction of sp³-hybridized carbons (Fsp3) is 0.161. The van der Waals surface area contributed by atoms with Crippen molar-refractivity contribution < 1.29 is 4.42 Å². The van der Waals surface area contributed by atoms with Gasteiger partial charge in [0, 0.05) is 45.7 Å². The summed E-state index contributed by atoms with van der Waals surface area (Å²) in [6.45, 7) is 3.33. The number of aromatic amines is 1. The standard InChI is InChI=1S/C31H24N2O/c1-17-12-19(13-23-22-8-4-5-9-28(22)34-31(17)23)20-14-24(27-16-32-27)30-25(15-20)29-21-7-3-2-6-18(21)10-11-26(29)33-30/h2-11,13-15,17,27,32-33H,12,16H2,1H3/t17?,27-/m0/s1. The van der Waals surface area contributed by atoms with Crippen LogP contribution in [-0.2, 0) is 0 Å². The number of rotatable bonds is 2. The van der Waals surface area contributed by atoms with Crippen LogP contribution in [-0.4, -0.2) is 11.5 Å². The minimum absolute atomic E-state index is 0.351. The van der Waals surface area contributed by atoms with Crippen LogP contribution in [0.15, 0.2) is 77.2 Å². The molecular weight excluding hydrogens is 416 g/mol. The maximum Gasteiger partial charge on any atom is 0.134 e. The highest BCUT2D eigenvalue weighted by molar-refractivity contribution is 6.21. The van der Waals surface area contributed by atoms with Crippen LogP contribution in [0.2, 0.25) is 0 Å². The Balaban J connectivity index is 1.42. The first-order valence-corrected chi connectivity index (χ1v) is 12.2. The van der Waals surface area contributed by atoms with Crippen molar-refractivity contribution in [1.29, 1.82) is 0 Å². The number of furan rings is 1. The van der Waals surface area contributed by atoms with E-state index in [4.69, 9.17) is 4.42 Å². The third-order valence-corrected chi connectivity index (χ3v) is 7.74. The van der Waals surface area contributed by atoms with E-state index in [1.807, 2.05) is 0 Å². The molecule has 0 bridgehead atoms. The summed E-state index contributed by atoms with van der Waals surface area (Å²) >= 11 is 0. The number of aromatic nitrogens is 1.